The second-order valence-electron chi connectivity index (χ2n) is 4.82. The molecule has 0 radical (unpaired) electrons. The van der Waals surface area contributed by atoms with E-state index < -0.39 is 23.5 Å². The average molecular weight is 324 g/mol. The monoisotopic (exact) mass is 324 g/mol. The standard InChI is InChI=1S/C14H14F2N4O3/c1-8-13(14(23)17-5-4-12(21)22)18-19-20(8)7-9-2-3-10(15)6-11(9)16/h2-3,6H,4-5,7H2,1H3,(H,17,23)(H,21,22). The molecule has 2 N–H and O–H groups in total. The van der Waals surface area contributed by atoms with Crippen molar-refractivity contribution in [1.82, 2.24) is 20.3 Å². The lowest BCUT2D eigenvalue weighted by Crippen LogP contribution is -2.27. The van der Waals surface area contributed by atoms with E-state index in [1.807, 2.05) is 0 Å². The lowest BCUT2D eigenvalue weighted by atomic mass is 10.2. The number of amides is 1. The highest BCUT2D eigenvalue weighted by Gasteiger charge is 2.17. The number of carbonyl (C=O) groups is 2. The maximum Gasteiger partial charge on any atom is 0.305 e. The molecule has 0 aliphatic rings. The smallest absolute Gasteiger partial charge is 0.305 e. The van der Waals surface area contributed by atoms with Crippen LogP contribution in [0.1, 0.15) is 28.2 Å². The van der Waals surface area contributed by atoms with Crippen LogP contribution in [0.15, 0.2) is 18.2 Å². The molecule has 2 rings (SSSR count). The summed E-state index contributed by atoms with van der Waals surface area (Å²) in [5.74, 6) is -2.99. The molecule has 0 aliphatic carbocycles. The van der Waals surface area contributed by atoms with Gasteiger partial charge in [0.05, 0.1) is 18.7 Å². The molecule has 1 amide bonds. The van der Waals surface area contributed by atoms with E-state index in [-0.39, 0.29) is 30.8 Å². The number of aliphatic carboxylic acids is 1. The summed E-state index contributed by atoms with van der Waals surface area (Å²) < 4.78 is 27.8. The Bertz CT molecular complexity index is 746. The fourth-order valence-corrected chi connectivity index (χ4v) is 1.90. The predicted octanol–water partition coefficient (Wildman–Crippen LogP) is 1.12. The topological polar surface area (TPSA) is 97.1 Å². The maximum absolute atomic E-state index is 13.6. The van der Waals surface area contributed by atoms with Crippen molar-refractivity contribution in [3.05, 3.63) is 46.8 Å². The Balaban J connectivity index is 2.09. The zero-order valence-electron chi connectivity index (χ0n) is 12.2. The molecular formula is C14H14F2N4O3. The van der Waals surface area contributed by atoms with Crippen LogP contribution < -0.4 is 5.32 Å². The van der Waals surface area contributed by atoms with Gasteiger partial charge in [-0.1, -0.05) is 11.3 Å². The van der Waals surface area contributed by atoms with Crippen LogP contribution >= 0.6 is 0 Å². The van der Waals surface area contributed by atoms with Crippen molar-refractivity contribution in [2.24, 2.45) is 0 Å². The summed E-state index contributed by atoms with van der Waals surface area (Å²) in [4.78, 5) is 22.3. The second kappa shape index (κ2) is 6.95. The van der Waals surface area contributed by atoms with Gasteiger partial charge in [-0.05, 0) is 13.0 Å². The molecule has 0 fully saturated rings. The van der Waals surface area contributed by atoms with E-state index in [0.29, 0.717) is 5.69 Å². The quantitative estimate of drug-likeness (QED) is 0.830. The molecule has 1 aromatic heterocycles. The summed E-state index contributed by atoms with van der Waals surface area (Å²) in [6, 6.07) is 3.18. The Morgan fingerprint density at radius 2 is 2.09 bits per heavy atom. The van der Waals surface area contributed by atoms with Crippen molar-refractivity contribution in [2.75, 3.05) is 6.54 Å². The molecule has 23 heavy (non-hydrogen) atoms. The third-order valence-corrected chi connectivity index (χ3v) is 3.16. The third kappa shape index (κ3) is 4.09. The number of carbonyl (C=O) groups excluding carboxylic acids is 1. The second-order valence-corrected chi connectivity index (χ2v) is 4.82. The van der Waals surface area contributed by atoms with E-state index >= 15 is 0 Å². The number of rotatable bonds is 6. The van der Waals surface area contributed by atoms with Gasteiger partial charge in [-0.3, -0.25) is 9.59 Å². The van der Waals surface area contributed by atoms with E-state index in [1.165, 1.54) is 10.7 Å². The number of nitrogens with one attached hydrogen (secondary N) is 1. The van der Waals surface area contributed by atoms with Crippen LogP contribution in [-0.2, 0) is 11.3 Å². The minimum atomic E-state index is -1.03. The lowest BCUT2D eigenvalue weighted by molar-refractivity contribution is -0.136. The Kier molecular flexibility index (Phi) is 4.99. The molecule has 0 atom stereocenters. The molecule has 0 bridgehead atoms. The van der Waals surface area contributed by atoms with E-state index in [9.17, 15) is 18.4 Å². The number of nitrogens with zero attached hydrogens (tertiary/aromatic N) is 3. The molecule has 2 aromatic rings. The molecule has 7 nitrogen and oxygen atoms in total. The molecule has 0 unspecified atom stereocenters. The van der Waals surface area contributed by atoms with Crippen LogP contribution in [0.5, 0.6) is 0 Å². The number of carboxylic acids is 1. The van der Waals surface area contributed by atoms with Crippen molar-refractivity contribution >= 4 is 11.9 Å². The van der Waals surface area contributed by atoms with Gasteiger partial charge in [0.2, 0.25) is 0 Å². The van der Waals surface area contributed by atoms with Crippen molar-refractivity contribution in [3.63, 3.8) is 0 Å². The third-order valence-electron chi connectivity index (χ3n) is 3.16. The summed E-state index contributed by atoms with van der Waals surface area (Å²) >= 11 is 0. The van der Waals surface area contributed by atoms with Gasteiger partial charge in [0.25, 0.3) is 5.91 Å². The van der Waals surface area contributed by atoms with Crippen LogP contribution in [0.4, 0.5) is 8.78 Å². The van der Waals surface area contributed by atoms with Crippen molar-refractivity contribution in [3.8, 4) is 0 Å². The van der Waals surface area contributed by atoms with Crippen molar-refractivity contribution < 1.29 is 23.5 Å². The highest BCUT2D eigenvalue weighted by molar-refractivity contribution is 5.93. The largest absolute Gasteiger partial charge is 0.481 e. The Hall–Kier alpha value is -2.84. The fourth-order valence-electron chi connectivity index (χ4n) is 1.90. The van der Waals surface area contributed by atoms with Gasteiger partial charge in [0.1, 0.15) is 11.6 Å². The van der Waals surface area contributed by atoms with E-state index in [0.717, 1.165) is 12.1 Å². The van der Waals surface area contributed by atoms with Crippen molar-refractivity contribution in [1.29, 1.82) is 0 Å². The zero-order valence-corrected chi connectivity index (χ0v) is 12.2. The normalized spacial score (nSPS) is 10.6. The zero-order chi connectivity index (χ0) is 17.0. The maximum atomic E-state index is 13.6. The number of aromatic nitrogens is 3. The summed E-state index contributed by atoms with van der Waals surface area (Å²) in [5.41, 5.74) is 0.622. The minimum Gasteiger partial charge on any atom is -0.481 e. The Labute approximate surface area is 129 Å². The molecule has 0 spiro atoms. The van der Waals surface area contributed by atoms with Gasteiger partial charge in [0, 0.05) is 18.2 Å². The fraction of sp³-hybridized carbons (Fsp3) is 0.286. The summed E-state index contributed by atoms with van der Waals surface area (Å²) in [6.07, 6.45) is -0.209. The van der Waals surface area contributed by atoms with E-state index in [4.69, 9.17) is 5.11 Å². The highest BCUT2D eigenvalue weighted by atomic mass is 19.1. The SMILES string of the molecule is Cc1c(C(=O)NCCC(=O)O)nnn1Cc1ccc(F)cc1F. The molecule has 0 saturated carbocycles. The molecule has 0 aliphatic heterocycles. The Morgan fingerprint density at radius 1 is 1.35 bits per heavy atom. The first kappa shape index (κ1) is 16.5. The minimum absolute atomic E-state index is 0.00659. The molecule has 0 saturated heterocycles. The molecular weight excluding hydrogens is 310 g/mol. The van der Waals surface area contributed by atoms with Crippen LogP contribution in [0.2, 0.25) is 0 Å². The van der Waals surface area contributed by atoms with Crippen molar-refractivity contribution in [2.45, 2.75) is 19.9 Å². The van der Waals surface area contributed by atoms with Crippen LogP contribution in [-0.4, -0.2) is 38.5 Å². The molecule has 1 heterocycles. The molecule has 122 valence electrons. The number of hydrogen-bond acceptors (Lipinski definition) is 4. The van der Waals surface area contributed by atoms with Crippen LogP contribution in [0.25, 0.3) is 0 Å². The highest BCUT2D eigenvalue weighted by Crippen LogP contribution is 2.13. The summed E-state index contributed by atoms with van der Waals surface area (Å²) in [6.45, 7) is 1.54. The molecule has 1 aromatic carbocycles. The average Bonchev–Trinajstić information content (AvgIpc) is 2.83. The van der Waals surface area contributed by atoms with E-state index in [1.54, 1.807) is 6.92 Å². The van der Waals surface area contributed by atoms with Gasteiger partial charge in [0.15, 0.2) is 5.69 Å². The van der Waals surface area contributed by atoms with Gasteiger partial charge in [-0.25, -0.2) is 13.5 Å². The first-order valence-corrected chi connectivity index (χ1v) is 6.72. The van der Waals surface area contributed by atoms with Gasteiger partial charge >= 0.3 is 5.97 Å². The number of carboxylic acid groups (broad SMARTS) is 1. The van der Waals surface area contributed by atoms with Gasteiger partial charge in [-0.15, -0.1) is 5.10 Å². The lowest BCUT2D eigenvalue weighted by Gasteiger charge is -2.06. The first-order valence-electron chi connectivity index (χ1n) is 6.72. The van der Waals surface area contributed by atoms with Crippen LogP contribution in [0.3, 0.4) is 0 Å². The number of benzene rings is 1. The van der Waals surface area contributed by atoms with Crippen LogP contribution in [0, 0.1) is 18.6 Å². The Morgan fingerprint density at radius 3 is 2.74 bits per heavy atom. The van der Waals surface area contributed by atoms with Gasteiger partial charge in [-0.2, -0.15) is 0 Å². The number of hydrogen-bond donors (Lipinski definition) is 2. The first-order chi connectivity index (χ1) is 10.9. The predicted molar refractivity (Wildman–Crippen MR) is 74.8 cm³/mol. The summed E-state index contributed by atoms with van der Waals surface area (Å²) in [5, 5.41) is 18.4. The number of halogens is 2. The van der Waals surface area contributed by atoms with E-state index in [2.05, 4.69) is 15.6 Å². The van der Waals surface area contributed by atoms with Gasteiger partial charge < -0.3 is 10.4 Å². The summed E-state index contributed by atoms with van der Waals surface area (Å²) in [7, 11) is 0. The molecule has 9 heteroatoms.